The van der Waals surface area contributed by atoms with Crippen molar-refractivity contribution in [3.8, 4) is 0 Å². The van der Waals surface area contributed by atoms with Crippen LogP contribution in [0.2, 0.25) is 0 Å². The molecule has 94 valence electrons. The molecule has 17 heavy (non-hydrogen) atoms. The highest BCUT2D eigenvalue weighted by Crippen LogP contribution is 2.38. The Kier molecular flexibility index (Phi) is 3.73. The summed E-state index contributed by atoms with van der Waals surface area (Å²) in [7, 11) is 1.38. The molecule has 6 nitrogen and oxygen atoms in total. The van der Waals surface area contributed by atoms with Crippen LogP contribution in [0.4, 0.5) is 0 Å². The lowest BCUT2D eigenvalue weighted by molar-refractivity contribution is -0.142. The molecule has 0 bridgehead atoms. The third kappa shape index (κ3) is 3.26. The van der Waals surface area contributed by atoms with E-state index in [2.05, 4.69) is 14.9 Å². The predicted octanol–water partition coefficient (Wildman–Crippen LogP) is 0.942. The van der Waals surface area contributed by atoms with Gasteiger partial charge in [0.2, 0.25) is 5.89 Å². The van der Waals surface area contributed by atoms with Gasteiger partial charge in [-0.05, 0) is 19.4 Å². The van der Waals surface area contributed by atoms with Crippen molar-refractivity contribution in [3.05, 3.63) is 11.7 Å². The van der Waals surface area contributed by atoms with Crippen molar-refractivity contribution >= 4 is 5.97 Å². The minimum absolute atomic E-state index is 0.244. The molecular formula is C11H17N3O3. The van der Waals surface area contributed by atoms with Crippen molar-refractivity contribution in [2.24, 2.45) is 0 Å². The molecule has 0 aliphatic heterocycles. The van der Waals surface area contributed by atoms with E-state index < -0.39 is 0 Å². The van der Waals surface area contributed by atoms with E-state index in [0.29, 0.717) is 18.4 Å². The summed E-state index contributed by atoms with van der Waals surface area (Å²) in [5, 5.41) is 3.94. The van der Waals surface area contributed by atoms with Gasteiger partial charge in [0, 0.05) is 5.92 Å². The van der Waals surface area contributed by atoms with Gasteiger partial charge in [-0.1, -0.05) is 12.1 Å². The second kappa shape index (κ2) is 5.27. The summed E-state index contributed by atoms with van der Waals surface area (Å²) in [4.78, 5) is 17.4. The number of likely N-dealkylation sites (N-methyl/N-ethyl adjacent to an activating group) is 1. The first kappa shape index (κ1) is 12.0. The van der Waals surface area contributed by atoms with E-state index in [0.717, 1.165) is 25.2 Å². The van der Waals surface area contributed by atoms with Gasteiger partial charge < -0.3 is 9.26 Å². The predicted molar refractivity (Wildman–Crippen MR) is 59.2 cm³/mol. The first-order chi connectivity index (χ1) is 8.22. The molecule has 0 unspecified atom stereocenters. The number of aromatic nitrogens is 2. The number of nitrogens with zero attached hydrogens (tertiary/aromatic N) is 3. The molecule has 0 N–H and O–H groups in total. The summed E-state index contributed by atoms with van der Waals surface area (Å²) in [6.07, 6.45) is 2.30. The zero-order valence-corrected chi connectivity index (χ0v) is 10.2. The molecule has 0 spiro atoms. The molecule has 1 heterocycles. The Hall–Kier alpha value is -1.43. The van der Waals surface area contributed by atoms with E-state index in [1.54, 1.807) is 0 Å². The van der Waals surface area contributed by atoms with Crippen LogP contribution in [-0.2, 0) is 16.1 Å². The van der Waals surface area contributed by atoms with Gasteiger partial charge in [-0.15, -0.1) is 0 Å². The highest BCUT2D eigenvalue weighted by molar-refractivity contribution is 5.71. The van der Waals surface area contributed by atoms with Gasteiger partial charge in [0.1, 0.15) is 0 Å². The molecule has 6 heteroatoms. The Bertz CT molecular complexity index is 387. The largest absolute Gasteiger partial charge is 0.468 e. The van der Waals surface area contributed by atoms with Crippen molar-refractivity contribution in [1.82, 2.24) is 15.0 Å². The summed E-state index contributed by atoms with van der Waals surface area (Å²) in [6.45, 7) is 3.44. The van der Waals surface area contributed by atoms with Crippen LogP contribution in [0.1, 0.15) is 37.4 Å². The minimum Gasteiger partial charge on any atom is -0.468 e. The van der Waals surface area contributed by atoms with Gasteiger partial charge in [0.05, 0.1) is 20.2 Å². The van der Waals surface area contributed by atoms with Gasteiger partial charge in [-0.25, -0.2) is 0 Å². The summed E-state index contributed by atoms with van der Waals surface area (Å²) < 4.78 is 9.79. The smallest absolute Gasteiger partial charge is 0.319 e. The average molecular weight is 239 g/mol. The molecule has 1 aliphatic carbocycles. The molecule has 2 rings (SSSR count). The van der Waals surface area contributed by atoms with E-state index >= 15 is 0 Å². The second-order valence-electron chi connectivity index (χ2n) is 4.20. The van der Waals surface area contributed by atoms with Crippen LogP contribution in [0, 0.1) is 0 Å². The third-order valence-electron chi connectivity index (χ3n) is 2.81. The Balaban J connectivity index is 1.89. The number of carbonyl (C=O) groups excluding carboxylic acids is 1. The standard InChI is InChI=1S/C11H17N3O3/c1-3-14(7-10(15)16-2)6-9-12-11(13-17-9)8-4-5-8/h8H,3-7H2,1-2H3. The van der Waals surface area contributed by atoms with Crippen molar-refractivity contribution in [2.75, 3.05) is 20.2 Å². The van der Waals surface area contributed by atoms with Gasteiger partial charge in [-0.2, -0.15) is 4.98 Å². The van der Waals surface area contributed by atoms with Crippen LogP contribution in [0.3, 0.4) is 0 Å². The lowest BCUT2D eigenvalue weighted by atomic mass is 10.4. The van der Waals surface area contributed by atoms with Crippen LogP contribution in [0.15, 0.2) is 4.52 Å². The maximum Gasteiger partial charge on any atom is 0.319 e. The summed E-state index contributed by atoms with van der Waals surface area (Å²) >= 11 is 0. The number of methoxy groups -OCH3 is 1. The van der Waals surface area contributed by atoms with Crippen molar-refractivity contribution in [3.63, 3.8) is 0 Å². The van der Waals surface area contributed by atoms with E-state index in [9.17, 15) is 4.79 Å². The Labute approximate surface area is 99.9 Å². The lowest BCUT2D eigenvalue weighted by Crippen LogP contribution is -2.30. The van der Waals surface area contributed by atoms with Crippen LogP contribution in [0.5, 0.6) is 0 Å². The Morgan fingerprint density at radius 1 is 1.59 bits per heavy atom. The van der Waals surface area contributed by atoms with E-state index in [1.165, 1.54) is 7.11 Å². The van der Waals surface area contributed by atoms with E-state index in [1.807, 2.05) is 11.8 Å². The molecular weight excluding hydrogens is 222 g/mol. The Morgan fingerprint density at radius 2 is 2.35 bits per heavy atom. The van der Waals surface area contributed by atoms with Crippen LogP contribution >= 0.6 is 0 Å². The number of rotatable bonds is 6. The molecule has 0 amide bonds. The zero-order valence-electron chi connectivity index (χ0n) is 10.2. The minimum atomic E-state index is -0.256. The fourth-order valence-electron chi connectivity index (χ4n) is 1.56. The quantitative estimate of drug-likeness (QED) is 0.688. The molecule has 0 radical (unpaired) electrons. The molecule has 1 aliphatic rings. The number of hydrogen-bond acceptors (Lipinski definition) is 6. The maximum absolute atomic E-state index is 11.2. The van der Waals surface area contributed by atoms with Crippen LogP contribution in [-0.4, -0.2) is 41.2 Å². The summed E-state index contributed by atoms with van der Waals surface area (Å²) in [6, 6.07) is 0. The number of esters is 1. The molecule has 0 saturated heterocycles. The summed E-state index contributed by atoms with van der Waals surface area (Å²) in [5.41, 5.74) is 0. The maximum atomic E-state index is 11.2. The highest BCUT2D eigenvalue weighted by atomic mass is 16.5. The normalized spacial score (nSPS) is 15.2. The fourth-order valence-corrected chi connectivity index (χ4v) is 1.56. The topological polar surface area (TPSA) is 68.5 Å². The molecule has 0 atom stereocenters. The van der Waals surface area contributed by atoms with Gasteiger partial charge in [0.15, 0.2) is 5.82 Å². The van der Waals surface area contributed by atoms with Crippen molar-refractivity contribution in [2.45, 2.75) is 32.2 Å². The number of carbonyl (C=O) groups is 1. The van der Waals surface area contributed by atoms with E-state index in [-0.39, 0.29) is 12.5 Å². The van der Waals surface area contributed by atoms with E-state index in [4.69, 9.17) is 4.52 Å². The third-order valence-corrected chi connectivity index (χ3v) is 2.81. The monoisotopic (exact) mass is 239 g/mol. The lowest BCUT2D eigenvalue weighted by Gasteiger charge is -2.15. The molecule has 1 fully saturated rings. The first-order valence-corrected chi connectivity index (χ1v) is 5.84. The van der Waals surface area contributed by atoms with Gasteiger partial charge in [-0.3, -0.25) is 9.69 Å². The first-order valence-electron chi connectivity index (χ1n) is 5.84. The molecule has 1 aromatic heterocycles. The zero-order chi connectivity index (χ0) is 12.3. The number of ether oxygens (including phenoxy) is 1. The van der Waals surface area contributed by atoms with Gasteiger partial charge >= 0.3 is 5.97 Å². The van der Waals surface area contributed by atoms with Crippen molar-refractivity contribution < 1.29 is 14.1 Å². The second-order valence-corrected chi connectivity index (χ2v) is 4.20. The fraction of sp³-hybridized carbons (Fsp3) is 0.727. The summed E-state index contributed by atoms with van der Waals surface area (Å²) in [5.74, 6) is 1.60. The van der Waals surface area contributed by atoms with Gasteiger partial charge in [0.25, 0.3) is 0 Å². The Morgan fingerprint density at radius 3 is 2.94 bits per heavy atom. The SMILES string of the molecule is CCN(CC(=O)OC)Cc1nc(C2CC2)no1. The average Bonchev–Trinajstić information content (AvgIpc) is 3.09. The van der Waals surface area contributed by atoms with Crippen molar-refractivity contribution in [1.29, 1.82) is 0 Å². The highest BCUT2D eigenvalue weighted by Gasteiger charge is 2.29. The molecule has 0 aromatic carbocycles. The molecule has 1 aromatic rings. The molecule has 1 saturated carbocycles. The van der Waals surface area contributed by atoms with Crippen LogP contribution < -0.4 is 0 Å². The number of hydrogen-bond donors (Lipinski definition) is 0. The van der Waals surface area contributed by atoms with Crippen LogP contribution in [0.25, 0.3) is 0 Å².